The van der Waals surface area contributed by atoms with Crippen molar-refractivity contribution in [3.63, 3.8) is 0 Å². The number of hydrogen-bond acceptors (Lipinski definition) is 5. The molecule has 0 saturated heterocycles. The van der Waals surface area contributed by atoms with Crippen molar-refractivity contribution in [3.05, 3.63) is 51.7 Å². The summed E-state index contributed by atoms with van der Waals surface area (Å²) in [6.07, 6.45) is 0.0748. The number of hydrogen-bond donors (Lipinski definition) is 1. The number of benzene rings is 1. The summed E-state index contributed by atoms with van der Waals surface area (Å²) in [6, 6.07) is 7.79. The molecule has 0 spiro atoms. The molecule has 0 radical (unpaired) electrons. The first-order chi connectivity index (χ1) is 13.2. The molecule has 28 heavy (non-hydrogen) atoms. The zero-order chi connectivity index (χ0) is 20.5. The third kappa shape index (κ3) is 4.15. The van der Waals surface area contributed by atoms with Crippen LogP contribution >= 0.6 is 11.3 Å². The molecule has 0 fully saturated rings. The summed E-state index contributed by atoms with van der Waals surface area (Å²) in [5.41, 5.74) is 0.501. The van der Waals surface area contributed by atoms with Gasteiger partial charge in [-0.1, -0.05) is 12.1 Å². The van der Waals surface area contributed by atoms with E-state index in [2.05, 4.69) is 11.4 Å². The highest BCUT2D eigenvalue weighted by Crippen LogP contribution is 2.37. The zero-order valence-electron chi connectivity index (χ0n) is 15.8. The lowest BCUT2D eigenvalue weighted by molar-refractivity contribution is 0.0226. The fraction of sp³-hybridized carbons (Fsp3) is 0.350. The van der Waals surface area contributed by atoms with E-state index in [1.807, 2.05) is 0 Å². The van der Waals surface area contributed by atoms with Crippen molar-refractivity contribution in [2.75, 3.05) is 11.9 Å². The van der Waals surface area contributed by atoms with Crippen LogP contribution in [-0.4, -0.2) is 29.0 Å². The van der Waals surface area contributed by atoms with Gasteiger partial charge in [0.15, 0.2) is 0 Å². The molecule has 1 aromatic heterocycles. The predicted octanol–water partition coefficient (Wildman–Crippen LogP) is 4.30. The predicted molar refractivity (Wildman–Crippen MR) is 104 cm³/mol. The number of nitriles is 1. The van der Waals surface area contributed by atoms with E-state index >= 15 is 0 Å². The Morgan fingerprint density at radius 2 is 2.04 bits per heavy atom. The number of ether oxygens (including phenoxy) is 1. The Morgan fingerprint density at radius 1 is 1.32 bits per heavy atom. The van der Waals surface area contributed by atoms with Gasteiger partial charge in [-0.25, -0.2) is 9.18 Å². The second-order valence-electron chi connectivity index (χ2n) is 7.41. The molecule has 0 atom stereocenters. The molecular formula is C20H20FN3O3S. The molecule has 8 heteroatoms. The van der Waals surface area contributed by atoms with E-state index < -0.39 is 23.4 Å². The largest absolute Gasteiger partial charge is 0.444 e. The van der Waals surface area contributed by atoms with E-state index in [4.69, 9.17) is 4.74 Å². The van der Waals surface area contributed by atoms with Gasteiger partial charge in [0, 0.05) is 11.4 Å². The summed E-state index contributed by atoms with van der Waals surface area (Å²) in [4.78, 5) is 27.1. The van der Waals surface area contributed by atoms with E-state index in [0.29, 0.717) is 30.1 Å². The number of fused-ring (bicyclic) bond motifs is 1. The van der Waals surface area contributed by atoms with Crippen molar-refractivity contribution < 1.29 is 18.7 Å². The number of nitrogens with one attached hydrogen (secondary N) is 1. The third-order valence-electron chi connectivity index (χ3n) is 4.17. The molecule has 0 bridgehead atoms. The van der Waals surface area contributed by atoms with Crippen molar-refractivity contribution in [2.24, 2.45) is 0 Å². The summed E-state index contributed by atoms with van der Waals surface area (Å²) in [6.45, 7) is 6.13. The van der Waals surface area contributed by atoms with Gasteiger partial charge in [-0.05, 0) is 44.9 Å². The minimum absolute atomic E-state index is 0.0897. The van der Waals surface area contributed by atoms with E-state index in [1.54, 1.807) is 31.7 Å². The molecule has 3 rings (SSSR count). The van der Waals surface area contributed by atoms with Crippen LogP contribution < -0.4 is 5.32 Å². The third-order valence-corrected chi connectivity index (χ3v) is 5.30. The Balaban J connectivity index is 1.82. The molecule has 0 unspecified atom stereocenters. The number of rotatable bonds is 2. The average Bonchev–Trinajstić information content (AvgIpc) is 2.96. The van der Waals surface area contributed by atoms with Gasteiger partial charge in [0.1, 0.15) is 22.5 Å². The monoisotopic (exact) mass is 401 g/mol. The van der Waals surface area contributed by atoms with Crippen LogP contribution in [0.4, 0.5) is 14.2 Å². The lowest BCUT2D eigenvalue weighted by Crippen LogP contribution is -2.39. The standard InChI is InChI=1S/C20H20FN3O3S/c1-20(2,3)27-19(26)24-9-8-12-14(10-22)18(28-16(12)11-24)23-17(25)13-6-4-5-7-15(13)21/h4-7H,8-9,11H2,1-3H3,(H,23,25). The summed E-state index contributed by atoms with van der Waals surface area (Å²) in [5, 5.41) is 12.6. The highest BCUT2D eigenvalue weighted by atomic mass is 32.1. The zero-order valence-corrected chi connectivity index (χ0v) is 16.7. The minimum Gasteiger partial charge on any atom is -0.444 e. The fourth-order valence-electron chi connectivity index (χ4n) is 2.91. The lowest BCUT2D eigenvalue weighted by Gasteiger charge is -2.29. The van der Waals surface area contributed by atoms with Crippen LogP contribution in [0.2, 0.25) is 0 Å². The second-order valence-corrected chi connectivity index (χ2v) is 8.51. The lowest BCUT2D eigenvalue weighted by atomic mass is 10.0. The molecule has 2 heterocycles. The maximum Gasteiger partial charge on any atom is 0.410 e. The topological polar surface area (TPSA) is 82.4 Å². The van der Waals surface area contributed by atoms with E-state index in [1.165, 1.54) is 29.5 Å². The van der Waals surface area contributed by atoms with Crippen molar-refractivity contribution in [2.45, 2.75) is 39.3 Å². The van der Waals surface area contributed by atoms with Gasteiger partial charge in [-0.2, -0.15) is 5.26 Å². The van der Waals surface area contributed by atoms with E-state index in [9.17, 15) is 19.2 Å². The van der Waals surface area contributed by atoms with Gasteiger partial charge in [0.2, 0.25) is 0 Å². The molecule has 1 aromatic carbocycles. The summed E-state index contributed by atoms with van der Waals surface area (Å²) >= 11 is 1.23. The quantitative estimate of drug-likeness (QED) is 0.813. The number of carbonyl (C=O) groups is 2. The Labute approximate surface area is 166 Å². The van der Waals surface area contributed by atoms with Crippen LogP contribution in [0, 0.1) is 17.1 Å². The van der Waals surface area contributed by atoms with Crippen LogP contribution in [0.1, 0.15) is 47.1 Å². The van der Waals surface area contributed by atoms with Crippen molar-refractivity contribution >= 4 is 28.3 Å². The summed E-state index contributed by atoms with van der Waals surface area (Å²) < 4.78 is 19.3. The summed E-state index contributed by atoms with van der Waals surface area (Å²) in [7, 11) is 0. The first kappa shape index (κ1) is 19.8. The van der Waals surface area contributed by atoms with E-state index in [0.717, 1.165) is 10.4 Å². The molecule has 0 aliphatic carbocycles. The first-order valence-electron chi connectivity index (χ1n) is 8.78. The van der Waals surface area contributed by atoms with Gasteiger partial charge in [0.25, 0.3) is 5.91 Å². The number of carbonyl (C=O) groups excluding carboxylic acids is 2. The Kier molecular flexibility index (Phi) is 5.38. The number of nitrogens with zero attached hydrogens (tertiary/aromatic N) is 2. The van der Waals surface area contributed by atoms with Gasteiger partial charge >= 0.3 is 6.09 Å². The van der Waals surface area contributed by atoms with E-state index in [-0.39, 0.29) is 5.56 Å². The normalized spacial score (nSPS) is 13.5. The Bertz CT molecular complexity index is 972. The van der Waals surface area contributed by atoms with Gasteiger partial charge in [0.05, 0.1) is 17.7 Å². The average molecular weight is 401 g/mol. The molecule has 2 amide bonds. The SMILES string of the molecule is CC(C)(C)OC(=O)N1CCc2c(sc(NC(=O)c3ccccc3F)c2C#N)C1. The smallest absolute Gasteiger partial charge is 0.410 e. The molecule has 6 nitrogen and oxygen atoms in total. The van der Waals surface area contributed by atoms with Gasteiger partial charge in [-0.3, -0.25) is 4.79 Å². The first-order valence-corrected chi connectivity index (χ1v) is 9.59. The van der Waals surface area contributed by atoms with Crippen LogP contribution in [0.25, 0.3) is 0 Å². The molecule has 2 aromatic rings. The van der Waals surface area contributed by atoms with Crippen molar-refractivity contribution in [1.29, 1.82) is 5.26 Å². The van der Waals surface area contributed by atoms with Crippen LogP contribution in [0.15, 0.2) is 24.3 Å². The van der Waals surface area contributed by atoms with Crippen LogP contribution in [-0.2, 0) is 17.7 Å². The number of thiophene rings is 1. The fourth-order valence-corrected chi connectivity index (χ4v) is 4.12. The number of halogens is 1. The number of amides is 2. The molecule has 146 valence electrons. The molecule has 1 aliphatic heterocycles. The molecule has 1 aliphatic rings. The van der Waals surface area contributed by atoms with Gasteiger partial charge in [-0.15, -0.1) is 11.3 Å². The van der Waals surface area contributed by atoms with Gasteiger partial charge < -0.3 is 15.0 Å². The van der Waals surface area contributed by atoms with Crippen LogP contribution in [0.3, 0.4) is 0 Å². The number of anilines is 1. The summed E-state index contributed by atoms with van der Waals surface area (Å²) in [5.74, 6) is -1.24. The Morgan fingerprint density at radius 3 is 2.68 bits per heavy atom. The maximum absolute atomic E-state index is 13.8. The van der Waals surface area contributed by atoms with Crippen LogP contribution in [0.5, 0.6) is 0 Å². The molecule has 0 saturated carbocycles. The Hall–Kier alpha value is -2.92. The maximum atomic E-state index is 13.8. The molecular weight excluding hydrogens is 381 g/mol. The molecule has 1 N–H and O–H groups in total. The second kappa shape index (κ2) is 7.60. The highest BCUT2D eigenvalue weighted by molar-refractivity contribution is 7.16. The minimum atomic E-state index is -0.629. The van der Waals surface area contributed by atoms with Crippen molar-refractivity contribution in [3.8, 4) is 6.07 Å². The highest BCUT2D eigenvalue weighted by Gasteiger charge is 2.30. The van der Waals surface area contributed by atoms with Crippen molar-refractivity contribution in [1.82, 2.24) is 4.90 Å².